The Morgan fingerprint density at radius 1 is 1.45 bits per heavy atom. The Bertz CT molecular complexity index is 517. The minimum atomic E-state index is -4.45. The highest BCUT2D eigenvalue weighted by Gasteiger charge is 2.33. The van der Waals surface area contributed by atoms with Gasteiger partial charge in [0.05, 0.1) is 17.7 Å². The molecule has 4 nitrogen and oxygen atoms in total. The zero-order chi connectivity index (χ0) is 14.9. The van der Waals surface area contributed by atoms with Gasteiger partial charge in [-0.1, -0.05) is 6.07 Å². The second kappa shape index (κ2) is 5.41. The lowest BCUT2D eigenvalue weighted by Gasteiger charge is -2.16. The SMILES string of the molecule is Cc1c(NC(=O)C2CC(O)CN2)cccc1C(F)(F)F. The molecule has 0 bridgehead atoms. The molecule has 0 saturated carbocycles. The van der Waals surface area contributed by atoms with Gasteiger partial charge in [-0.15, -0.1) is 0 Å². The van der Waals surface area contributed by atoms with Crippen molar-refractivity contribution in [1.29, 1.82) is 0 Å². The number of hydrogen-bond donors (Lipinski definition) is 3. The molecule has 3 N–H and O–H groups in total. The predicted octanol–water partition coefficient (Wildman–Crippen LogP) is 1.68. The number of β-amino-alcohol motifs (C(OH)–C–C–N with tert-alkyl or cyclic N) is 1. The van der Waals surface area contributed by atoms with Gasteiger partial charge in [-0.25, -0.2) is 0 Å². The van der Waals surface area contributed by atoms with Crippen molar-refractivity contribution in [1.82, 2.24) is 5.32 Å². The largest absolute Gasteiger partial charge is 0.416 e. The number of alkyl halides is 3. The van der Waals surface area contributed by atoms with Crippen LogP contribution in [0.25, 0.3) is 0 Å². The fraction of sp³-hybridized carbons (Fsp3) is 0.462. The van der Waals surface area contributed by atoms with E-state index < -0.39 is 29.8 Å². The fourth-order valence-corrected chi connectivity index (χ4v) is 2.21. The minimum absolute atomic E-state index is 0.0214. The molecule has 1 aliphatic rings. The molecule has 0 aromatic heterocycles. The summed E-state index contributed by atoms with van der Waals surface area (Å²) in [7, 11) is 0. The van der Waals surface area contributed by atoms with Gasteiger partial charge in [0.2, 0.25) is 5.91 Å². The number of nitrogens with one attached hydrogen (secondary N) is 2. The van der Waals surface area contributed by atoms with E-state index in [2.05, 4.69) is 10.6 Å². The molecular weight excluding hydrogens is 273 g/mol. The normalized spacial score (nSPS) is 22.9. The van der Waals surface area contributed by atoms with Crippen LogP contribution in [0.3, 0.4) is 0 Å². The molecule has 1 fully saturated rings. The molecular formula is C13H15F3N2O2. The second-order valence-corrected chi connectivity index (χ2v) is 4.82. The smallest absolute Gasteiger partial charge is 0.392 e. The number of carbonyl (C=O) groups is 1. The van der Waals surface area contributed by atoms with Gasteiger partial charge in [-0.05, 0) is 31.0 Å². The number of carbonyl (C=O) groups excluding carboxylic acids is 1. The summed E-state index contributed by atoms with van der Waals surface area (Å²) in [5.41, 5.74) is -0.658. The van der Waals surface area contributed by atoms with E-state index in [9.17, 15) is 23.1 Å². The van der Waals surface area contributed by atoms with Crippen molar-refractivity contribution in [3.63, 3.8) is 0 Å². The molecule has 0 aliphatic carbocycles. The average molecular weight is 288 g/mol. The summed E-state index contributed by atoms with van der Waals surface area (Å²) in [5, 5.41) is 14.6. The van der Waals surface area contributed by atoms with Gasteiger partial charge < -0.3 is 15.7 Å². The third kappa shape index (κ3) is 3.10. The zero-order valence-electron chi connectivity index (χ0n) is 10.8. The van der Waals surface area contributed by atoms with Crippen LogP contribution in [0.5, 0.6) is 0 Å². The van der Waals surface area contributed by atoms with Crippen LogP contribution in [0.2, 0.25) is 0 Å². The number of rotatable bonds is 2. The van der Waals surface area contributed by atoms with E-state index in [4.69, 9.17) is 0 Å². The summed E-state index contributed by atoms with van der Waals surface area (Å²) >= 11 is 0. The van der Waals surface area contributed by atoms with Crippen molar-refractivity contribution in [2.45, 2.75) is 31.7 Å². The van der Waals surface area contributed by atoms with Gasteiger partial charge >= 0.3 is 6.18 Å². The number of anilines is 1. The topological polar surface area (TPSA) is 61.4 Å². The highest BCUT2D eigenvalue weighted by Crippen LogP contribution is 2.34. The minimum Gasteiger partial charge on any atom is -0.392 e. The van der Waals surface area contributed by atoms with E-state index in [-0.39, 0.29) is 17.7 Å². The van der Waals surface area contributed by atoms with Crippen molar-refractivity contribution in [2.24, 2.45) is 0 Å². The van der Waals surface area contributed by atoms with Crippen LogP contribution in [0.4, 0.5) is 18.9 Å². The van der Waals surface area contributed by atoms with Crippen molar-refractivity contribution < 1.29 is 23.1 Å². The van der Waals surface area contributed by atoms with E-state index in [1.165, 1.54) is 19.1 Å². The van der Waals surface area contributed by atoms with E-state index in [0.29, 0.717) is 6.54 Å². The van der Waals surface area contributed by atoms with Crippen LogP contribution in [0.15, 0.2) is 18.2 Å². The molecule has 1 heterocycles. The van der Waals surface area contributed by atoms with Gasteiger partial charge in [0.25, 0.3) is 0 Å². The molecule has 7 heteroatoms. The van der Waals surface area contributed by atoms with Gasteiger partial charge in [-0.2, -0.15) is 13.2 Å². The van der Waals surface area contributed by atoms with E-state index in [0.717, 1.165) is 6.07 Å². The lowest BCUT2D eigenvalue weighted by atomic mass is 10.1. The van der Waals surface area contributed by atoms with Gasteiger partial charge in [0.1, 0.15) is 0 Å². The molecule has 2 unspecified atom stereocenters. The maximum Gasteiger partial charge on any atom is 0.416 e. The van der Waals surface area contributed by atoms with Crippen molar-refractivity contribution in [3.05, 3.63) is 29.3 Å². The molecule has 1 aromatic carbocycles. The standard InChI is InChI=1S/C13H15F3N2O2/c1-7-9(13(14,15)16)3-2-4-10(7)18-12(20)11-5-8(19)6-17-11/h2-4,8,11,17,19H,5-6H2,1H3,(H,18,20). The fourth-order valence-electron chi connectivity index (χ4n) is 2.21. The summed E-state index contributed by atoms with van der Waals surface area (Å²) in [5.74, 6) is -0.441. The van der Waals surface area contributed by atoms with Crippen LogP contribution in [-0.2, 0) is 11.0 Å². The van der Waals surface area contributed by atoms with Crippen LogP contribution in [0.1, 0.15) is 17.5 Å². The third-order valence-electron chi connectivity index (χ3n) is 3.32. The van der Waals surface area contributed by atoms with Crippen LogP contribution in [0, 0.1) is 6.92 Å². The van der Waals surface area contributed by atoms with E-state index in [1.807, 2.05) is 0 Å². The van der Waals surface area contributed by atoms with Gasteiger partial charge in [0.15, 0.2) is 0 Å². The van der Waals surface area contributed by atoms with Crippen molar-refractivity contribution in [2.75, 3.05) is 11.9 Å². The Morgan fingerprint density at radius 2 is 2.15 bits per heavy atom. The van der Waals surface area contributed by atoms with Gasteiger partial charge in [0, 0.05) is 12.2 Å². The summed E-state index contributed by atoms with van der Waals surface area (Å²) in [6.07, 6.45) is -4.80. The monoisotopic (exact) mass is 288 g/mol. The number of benzene rings is 1. The molecule has 1 aliphatic heterocycles. The maximum atomic E-state index is 12.8. The first-order valence-corrected chi connectivity index (χ1v) is 6.18. The first-order valence-electron chi connectivity index (χ1n) is 6.18. The Kier molecular flexibility index (Phi) is 4.01. The molecule has 110 valence electrons. The first kappa shape index (κ1) is 14.8. The Hall–Kier alpha value is -1.60. The number of aliphatic hydroxyl groups excluding tert-OH is 1. The summed E-state index contributed by atoms with van der Waals surface area (Å²) < 4.78 is 38.3. The molecule has 1 aromatic rings. The van der Waals surface area contributed by atoms with E-state index in [1.54, 1.807) is 0 Å². The van der Waals surface area contributed by atoms with Crippen molar-refractivity contribution in [3.8, 4) is 0 Å². The number of amides is 1. The van der Waals surface area contributed by atoms with E-state index >= 15 is 0 Å². The second-order valence-electron chi connectivity index (χ2n) is 4.82. The molecule has 20 heavy (non-hydrogen) atoms. The number of halogens is 3. The van der Waals surface area contributed by atoms with Crippen molar-refractivity contribution >= 4 is 11.6 Å². The van der Waals surface area contributed by atoms with Crippen LogP contribution in [-0.4, -0.2) is 29.7 Å². The Balaban J connectivity index is 2.16. The summed E-state index contributed by atoms with van der Waals surface area (Å²) in [6, 6.07) is 3.07. The molecule has 0 radical (unpaired) electrons. The molecule has 2 rings (SSSR count). The average Bonchev–Trinajstić information content (AvgIpc) is 2.77. The number of aliphatic hydroxyl groups is 1. The Labute approximate surface area is 114 Å². The lowest BCUT2D eigenvalue weighted by Crippen LogP contribution is -2.35. The van der Waals surface area contributed by atoms with Crippen LogP contribution >= 0.6 is 0 Å². The van der Waals surface area contributed by atoms with Crippen LogP contribution < -0.4 is 10.6 Å². The zero-order valence-corrected chi connectivity index (χ0v) is 10.8. The summed E-state index contributed by atoms with van der Waals surface area (Å²) in [6.45, 7) is 1.62. The molecule has 2 atom stereocenters. The van der Waals surface area contributed by atoms with Gasteiger partial charge in [-0.3, -0.25) is 4.79 Å². The summed E-state index contributed by atoms with van der Waals surface area (Å²) in [4.78, 5) is 11.9. The Morgan fingerprint density at radius 3 is 2.70 bits per heavy atom. The highest BCUT2D eigenvalue weighted by molar-refractivity contribution is 5.95. The predicted molar refractivity (Wildman–Crippen MR) is 67.2 cm³/mol. The molecule has 1 amide bonds. The third-order valence-corrected chi connectivity index (χ3v) is 3.32. The molecule has 0 spiro atoms. The quantitative estimate of drug-likeness (QED) is 0.776. The lowest BCUT2D eigenvalue weighted by molar-refractivity contribution is -0.138. The molecule has 1 saturated heterocycles. The highest BCUT2D eigenvalue weighted by atomic mass is 19.4. The first-order chi connectivity index (χ1) is 9.29. The maximum absolute atomic E-state index is 12.8. The number of hydrogen-bond acceptors (Lipinski definition) is 3.